The third-order valence-corrected chi connectivity index (χ3v) is 6.22. The summed E-state index contributed by atoms with van der Waals surface area (Å²) >= 11 is 0. The Morgan fingerprint density at radius 2 is 1.81 bits per heavy atom. The van der Waals surface area contributed by atoms with Crippen LogP contribution in [0.3, 0.4) is 0 Å². The van der Waals surface area contributed by atoms with Crippen LogP contribution < -0.4 is 4.90 Å². The van der Waals surface area contributed by atoms with Gasteiger partial charge in [0, 0.05) is 31.7 Å². The van der Waals surface area contributed by atoms with Gasteiger partial charge in [0.15, 0.2) is 0 Å². The van der Waals surface area contributed by atoms with Gasteiger partial charge < -0.3 is 14.7 Å². The zero-order valence-electron chi connectivity index (χ0n) is 16.4. The predicted molar refractivity (Wildman–Crippen MR) is 104 cm³/mol. The molecule has 2 saturated heterocycles. The Morgan fingerprint density at radius 1 is 1.19 bits per heavy atom. The summed E-state index contributed by atoms with van der Waals surface area (Å²) in [7, 11) is 4.06. The molecule has 2 atom stereocenters. The van der Waals surface area contributed by atoms with E-state index in [4.69, 9.17) is 0 Å². The van der Waals surface area contributed by atoms with Gasteiger partial charge in [-0.2, -0.15) is 0 Å². The van der Waals surface area contributed by atoms with E-state index in [1.165, 1.54) is 5.56 Å². The highest BCUT2D eigenvalue weighted by Gasteiger charge is 2.38. The molecular formula is C21H31N3O2. The van der Waals surface area contributed by atoms with Crippen LogP contribution in [-0.4, -0.2) is 61.4 Å². The summed E-state index contributed by atoms with van der Waals surface area (Å²) in [6.07, 6.45) is 2.58. The van der Waals surface area contributed by atoms with Crippen LogP contribution in [0, 0.1) is 18.8 Å². The second kappa shape index (κ2) is 7.78. The number of amides is 2. The first-order chi connectivity index (χ1) is 12.4. The van der Waals surface area contributed by atoms with Crippen LogP contribution in [-0.2, 0) is 9.59 Å². The standard InChI is InChI=1S/C21H31N3O2/c1-15-5-7-19(8-6-15)24-14-18(13-20(24)25)21(26)23(4)16(2)17-9-11-22(3)12-10-17/h5-8,16-18H,9-14H2,1-4H3/t16-,18-/m0/s1. The fraction of sp³-hybridized carbons (Fsp3) is 0.619. The summed E-state index contributed by atoms with van der Waals surface area (Å²) in [5, 5.41) is 0. The minimum Gasteiger partial charge on any atom is -0.342 e. The van der Waals surface area contributed by atoms with Gasteiger partial charge in [-0.05, 0) is 64.9 Å². The van der Waals surface area contributed by atoms with Gasteiger partial charge in [0.2, 0.25) is 11.8 Å². The largest absolute Gasteiger partial charge is 0.342 e. The molecule has 142 valence electrons. The van der Waals surface area contributed by atoms with Crippen molar-refractivity contribution in [2.45, 2.75) is 39.2 Å². The lowest BCUT2D eigenvalue weighted by Gasteiger charge is -2.37. The molecule has 2 aliphatic rings. The van der Waals surface area contributed by atoms with E-state index in [1.54, 1.807) is 4.90 Å². The highest BCUT2D eigenvalue weighted by molar-refractivity contribution is 6.00. The lowest BCUT2D eigenvalue weighted by atomic mass is 9.89. The van der Waals surface area contributed by atoms with Crippen molar-refractivity contribution in [1.82, 2.24) is 9.80 Å². The number of benzene rings is 1. The fourth-order valence-electron chi connectivity index (χ4n) is 4.16. The van der Waals surface area contributed by atoms with Crippen molar-refractivity contribution < 1.29 is 9.59 Å². The summed E-state index contributed by atoms with van der Waals surface area (Å²) in [6.45, 7) is 6.87. The van der Waals surface area contributed by atoms with E-state index in [0.29, 0.717) is 18.9 Å². The van der Waals surface area contributed by atoms with Crippen molar-refractivity contribution in [3.8, 4) is 0 Å². The summed E-state index contributed by atoms with van der Waals surface area (Å²) in [4.78, 5) is 31.5. The molecule has 0 spiro atoms. The Hall–Kier alpha value is -1.88. The first-order valence-corrected chi connectivity index (χ1v) is 9.69. The smallest absolute Gasteiger partial charge is 0.228 e. The Kier molecular flexibility index (Phi) is 5.66. The molecule has 1 aromatic rings. The zero-order chi connectivity index (χ0) is 18.8. The second-order valence-corrected chi connectivity index (χ2v) is 8.07. The van der Waals surface area contributed by atoms with Gasteiger partial charge in [0.25, 0.3) is 0 Å². The van der Waals surface area contributed by atoms with Crippen LogP contribution in [0.25, 0.3) is 0 Å². The lowest BCUT2D eigenvalue weighted by molar-refractivity contribution is -0.137. The van der Waals surface area contributed by atoms with Crippen LogP contribution in [0.1, 0.15) is 31.7 Å². The van der Waals surface area contributed by atoms with E-state index >= 15 is 0 Å². The van der Waals surface area contributed by atoms with Crippen LogP contribution in [0.4, 0.5) is 5.69 Å². The highest BCUT2D eigenvalue weighted by Crippen LogP contribution is 2.29. The van der Waals surface area contributed by atoms with Gasteiger partial charge in [-0.1, -0.05) is 17.7 Å². The minimum absolute atomic E-state index is 0.0487. The number of nitrogens with zero attached hydrogens (tertiary/aromatic N) is 3. The molecule has 2 amide bonds. The van der Waals surface area contributed by atoms with E-state index in [0.717, 1.165) is 31.6 Å². The Balaban J connectivity index is 1.62. The molecule has 0 aliphatic carbocycles. The molecule has 1 aromatic carbocycles. The number of hydrogen-bond donors (Lipinski definition) is 0. The van der Waals surface area contributed by atoms with E-state index < -0.39 is 0 Å². The highest BCUT2D eigenvalue weighted by atomic mass is 16.2. The molecule has 0 saturated carbocycles. The van der Waals surface area contributed by atoms with Crippen LogP contribution in [0.15, 0.2) is 24.3 Å². The van der Waals surface area contributed by atoms with Crippen molar-refractivity contribution in [2.24, 2.45) is 11.8 Å². The molecular weight excluding hydrogens is 326 g/mol. The number of carbonyl (C=O) groups excluding carboxylic acids is 2. The zero-order valence-corrected chi connectivity index (χ0v) is 16.4. The van der Waals surface area contributed by atoms with Crippen LogP contribution in [0.5, 0.6) is 0 Å². The number of hydrogen-bond acceptors (Lipinski definition) is 3. The average molecular weight is 357 g/mol. The van der Waals surface area contributed by atoms with Gasteiger partial charge in [0.05, 0.1) is 5.92 Å². The second-order valence-electron chi connectivity index (χ2n) is 8.07. The summed E-state index contributed by atoms with van der Waals surface area (Å²) < 4.78 is 0. The lowest BCUT2D eigenvalue weighted by Crippen LogP contribution is -2.46. The number of likely N-dealkylation sites (tertiary alicyclic amines) is 1. The molecule has 26 heavy (non-hydrogen) atoms. The normalized spacial score (nSPS) is 23.3. The van der Waals surface area contributed by atoms with E-state index in [2.05, 4.69) is 18.9 Å². The average Bonchev–Trinajstić information content (AvgIpc) is 3.03. The quantitative estimate of drug-likeness (QED) is 0.832. The molecule has 2 heterocycles. The molecule has 5 nitrogen and oxygen atoms in total. The molecule has 0 aromatic heterocycles. The Labute approximate surface area is 156 Å². The first kappa shape index (κ1) is 18.9. The number of rotatable bonds is 4. The molecule has 0 unspecified atom stereocenters. The topological polar surface area (TPSA) is 43.9 Å². The number of anilines is 1. The van der Waals surface area contributed by atoms with Crippen molar-refractivity contribution >= 4 is 17.5 Å². The molecule has 2 aliphatic heterocycles. The van der Waals surface area contributed by atoms with E-state index in [1.807, 2.05) is 43.1 Å². The fourth-order valence-corrected chi connectivity index (χ4v) is 4.16. The van der Waals surface area contributed by atoms with E-state index in [9.17, 15) is 9.59 Å². The predicted octanol–water partition coefficient (Wildman–Crippen LogP) is 2.54. The van der Waals surface area contributed by atoms with E-state index in [-0.39, 0.29) is 23.8 Å². The summed E-state index contributed by atoms with van der Waals surface area (Å²) in [6, 6.07) is 8.16. The van der Waals surface area contributed by atoms with Gasteiger partial charge in [0.1, 0.15) is 0 Å². The maximum Gasteiger partial charge on any atom is 0.228 e. The maximum atomic E-state index is 13.0. The van der Waals surface area contributed by atoms with Crippen molar-refractivity contribution in [1.29, 1.82) is 0 Å². The van der Waals surface area contributed by atoms with Crippen LogP contribution >= 0.6 is 0 Å². The van der Waals surface area contributed by atoms with Gasteiger partial charge in [-0.15, -0.1) is 0 Å². The van der Waals surface area contributed by atoms with Crippen molar-refractivity contribution in [3.63, 3.8) is 0 Å². The third-order valence-electron chi connectivity index (χ3n) is 6.22. The van der Waals surface area contributed by atoms with Crippen molar-refractivity contribution in [3.05, 3.63) is 29.8 Å². The molecule has 5 heteroatoms. The van der Waals surface area contributed by atoms with Gasteiger partial charge in [-0.25, -0.2) is 0 Å². The Morgan fingerprint density at radius 3 is 2.42 bits per heavy atom. The molecule has 3 rings (SSSR count). The van der Waals surface area contributed by atoms with Crippen molar-refractivity contribution in [2.75, 3.05) is 38.6 Å². The van der Waals surface area contributed by atoms with Crippen LogP contribution in [0.2, 0.25) is 0 Å². The maximum absolute atomic E-state index is 13.0. The number of carbonyl (C=O) groups is 2. The molecule has 0 N–H and O–H groups in total. The molecule has 0 bridgehead atoms. The first-order valence-electron chi connectivity index (χ1n) is 9.69. The monoisotopic (exact) mass is 357 g/mol. The third kappa shape index (κ3) is 3.93. The van der Waals surface area contributed by atoms with Gasteiger partial charge in [-0.3, -0.25) is 9.59 Å². The van der Waals surface area contributed by atoms with Gasteiger partial charge >= 0.3 is 0 Å². The molecule has 0 radical (unpaired) electrons. The minimum atomic E-state index is -0.234. The number of aryl methyl sites for hydroxylation is 1. The summed E-state index contributed by atoms with van der Waals surface area (Å²) in [5.74, 6) is 0.472. The number of piperidine rings is 1. The SMILES string of the molecule is Cc1ccc(N2C[C@@H](C(=O)N(C)[C@@H](C)C3CCN(C)CC3)CC2=O)cc1. The Bertz CT molecular complexity index is 650. The molecule has 2 fully saturated rings. The summed E-state index contributed by atoms with van der Waals surface area (Å²) in [5.41, 5.74) is 2.06.